The van der Waals surface area contributed by atoms with Crippen molar-refractivity contribution in [3.05, 3.63) is 30.1 Å². The van der Waals surface area contributed by atoms with E-state index >= 15 is 0 Å². The number of hydrogen-bond acceptors (Lipinski definition) is 4. The van der Waals surface area contributed by atoms with Crippen LogP contribution < -0.4 is 11.3 Å². The van der Waals surface area contributed by atoms with Crippen LogP contribution in [0.1, 0.15) is 0 Å². The monoisotopic (exact) mass is 230 g/mol. The van der Waals surface area contributed by atoms with Gasteiger partial charge in [-0.3, -0.25) is 11.3 Å². The summed E-state index contributed by atoms with van der Waals surface area (Å²) in [5.74, 6) is 5.91. The van der Waals surface area contributed by atoms with E-state index in [1.54, 1.807) is 31.0 Å². The Morgan fingerprint density at radius 1 is 1.47 bits per heavy atom. The van der Waals surface area contributed by atoms with Crippen LogP contribution in [0, 0.1) is 5.82 Å². The summed E-state index contributed by atoms with van der Waals surface area (Å²) < 4.78 is 17.6. The van der Waals surface area contributed by atoms with Gasteiger partial charge in [-0.15, -0.1) is 11.8 Å². The van der Waals surface area contributed by atoms with E-state index in [0.717, 1.165) is 10.6 Å². The fraction of sp³-hybridized carbons (Fsp3) is 0.400. The molecule has 5 heteroatoms. The number of nitrogens with one attached hydrogen (secondary N) is 1. The summed E-state index contributed by atoms with van der Waals surface area (Å²) in [4.78, 5) is 1.02. The molecule has 0 saturated heterocycles. The van der Waals surface area contributed by atoms with Crippen molar-refractivity contribution >= 4 is 11.8 Å². The maximum Gasteiger partial charge on any atom is 0.123 e. The van der Waals surface area contributed by atoms with Crippen molar-refractivity contribution in [2.45, 2.75) is 10.9 Å². The van der Waals surface area contributed by atoms with Crippen LogP contribution in [0.25, 0.3) is 0 Å². The largest absolute Gasteiger partial charge is 0.383 e. The summed E-state index contributed by atoms with van der Waals surface area (Å²) in [5.41, 5.74) is 2.66. The second kappa shape index (κ2) is 6.79. The van der Waals surface area contributed by atoms with Crippen LogP contribution in [0.3, 0.4) is 0 Å². The first-order chi connectivity index (χ1) is 7.26. The second-order valence-electron chi connectivity index (χ2n) is 3.08. The lowest BCUT2D eigenvalue weighted by atomic mass is 10.3. The smallest absolute Gasteiger partial charge is 0.123 e. The minimum Gasteiger partial charge on any atom is -0.383 e. The van der Waals surface area contributed by atoms with E-state index in [0.29, 0.717) is 6.61 Å². The summed E-state index contributed by atoms with van der Waals surface area (Å²) in [5, 5.41) is 0. The summed E-state index contributed by atoms with van der Waals surface area (Å²) in [6, 6.07) is 6.50. The van der Waals surface area contributed by atoms with Crippen molar-refractivity contribution in [1.29, 1.82) is 0 Å². The minimum atomic E-state index is -0.218. The summed E-state index contributed by atoms with van der Waals surface area (Å²) in [6.45, 7) is 0.560. The Balaban J connectivity index is 2.38. The zero-order chi connectivity index (χ0) is 11.1. The number of hydrazine groups is 1. The van der Waals surface area contributed by atoms with Gasteiger partial charge in [0.1, 0.15) is 5.82 Å². The Morgan fingerprint density at radius 3 is 2.67 bits per heavy atom. The van der Waals surface area contributed by atoms with E-state index in [1.165, 1.54) is 12.1 Å². The Kier molecular flexibility index (Phi) is 5.63. The van der Waals surface area contributed by atoms with E-state index < -0.39 is 0 Å². The Labute approximate surface area is 93.2 Å². The maximum absolute atomic E-state index is 12.6. The molecule has 1 atom stereocenters. The summed E-state index contributed by atoms with van der Waals surface area (Å²) in [6.07, 6.45) is 0. The number of rotatable bonds is 6. The maximum atomic E-state index is 12.6. The van der Waals surface area contributed by atoms with E-state index in [-0.39, 0.29) is 11.9 Å². The first kappa shape index (κ1) is 12.4. The molecule has 0 aliphatic carbocycles. The quantitative estimate of drug-likeness (QED) is 0.440. The van der Waals surface area contributed by atoms with E-state index in [4.69, 9.17) is 10.6 Å². The molecule has 3 nitrogen and oxygen atoms in total. The van der Waals surface area contributed by atoms with Gasteiger partial charge in [0.15, 0.2) is 0 Å². The molecule has 0 bridgehead atoms. The molecule has 0 aromatic heterocycles. The summed E-state index contributed by atoms with van der Waals surface area (Å²) >= 11 is 1.61. The van der Waals surface area contributed by atoms with Gasteiger partial charge in [-0.25, -0.2) is 4.39 Å². The molecule has 1 aromatic carbocycles. The number of ether oxygens (including phenoxy) is 1. The molecule has 84 valence electrons. The minimum absolute atomic E-state index is 0.102. The first-order valence-electron chi connectivity index (χ1n) is 4.59. The van der Waals surface area contributed by atoms with Crippen molar-refractivity contribution in [2.75, 3.05) is 19.5 Å². The van der Waals surface area contributed by atoms with Crippen LogP contribution in [0.5, 0.6) is 0 Å². The Bertz CT molecular complexity index is 281. The van der Waals surface area contributed by atoms with E-state index in [2.05, 4.69) is 5.43 Å². The molecule has 0 aliphatic rings. The van der Waals surface area contributed by atoms with Gasteiger partial charge in [0.25, 0.3) is 0 Å². The number of methoxy groups -OCH3 is 1. The van der Waals surface area contributed by atoms with Crippen LogP contribution in [0.4, 0.5) is 4.39 Å². The van der Waals surface area contributed by atoms with Gasteiger partial charge >= 0.3 is 0 Å². The zero-order valence-corrected chi connectivity index (χ0v) is 9.39. The van der Waals surface area contributed by atoms with Crippen molar-refractivity contribution in [3.8, 4) is 0 Å². The summed E-state index contributed by atoms with van der Waals surface area (Å²) in [7, 11) is 1.63. The standard InChI is InChI=1S/C10H15FN2OS/c1-14-6-9(13-12)7-15-10-4-2-8(11)3-5-10/h2-5,9,13H,6-7,12H2,1H3. The molecule has 0 aliphatic heterocycles. The average molecular weight is 230 g/mol. The van der Waals surface area contributed by atoms with Crippen LogP contribution in [-0.4, -0.2) is 25.5 Å². The van der Waals surface area contributed by atoms with Crippen LogP contribution >= 0.6 is 11.8 Å². The molecule has 0 heterocycles. The van der Waals surface area contributed by atoms with Gasteiger partial charge in [0, 0.05) is 17.8 Å². The molecule has 0 saturated carbocycles. The molecule has 1 aromatic rings. The normalized spacial score (nSPS) is 12.7. The molecule has 1 rings (SSSR count). The third-order valence-electron chi connectivity index (χ3n) is 1.87. The molecule has 15 heavy (non-hydrogen) atoms. The Morgan fingerprint density at radius 2 is 2.13 bits per heavy atom. The zero-order valence-electron chi connectivity index (χ0n) is 8.57. The molecule has 0 fully saturated rings. The van der Waals surface area contributed by atoms with Crippen molar-refractivity contribution in [1.82, 2.24) is 5.43 Å². The molecule has 0 amide bonds. The van der Waals surface area contributed by atoms with E-state index in [9.17, 15) is 4.39 Å². The lowest BCUT2D eigenvalue weighted by Gasteiger charge is -2.13. The molecule has 0 spiro atoms. The van der Waals surface area contributed by atoms with Gasteiger partial charge in [0.2, 0.25) is 0 Å². The predicted molar refractivity (Wildman–Crippen MR) is 60.1 cm³/mol. The molecule has 3 N–H and O–H groups in total. The topological polar surface area (TPSA) is 47.3 Å². The SMILES string of the molecule is COCC(CSc1ccc(F)cc1)NN. The molecule has 0 radical (unpaired) electrons. The van der Waals surface area contributed by atoms with Crippen LogP contribution in [0.15, 0.2) is 29.2 Å². The second-order valence-corrected chi connectivity index (χ2v) is 4.18. The van der Waals surface area contributed by atoms with Crippen LogP contribution in [0.2, 0.25) is 0 Å². The fourth-order valence-electron chi connectivity index (χ4n) is 1.07. The molecule has 1 unspecified atom stereocenters. The van der Waals surface area contributed by atoms with Gasteiger partial charge in [-0.1, -0.05) is 0 Å². The predicted octanol–water partition coefficient (Wildman–Crippen LogP) is 1.40. The highest BCUT2D eigenvalue weighted by Crippen LogP contribution is 2.18. The molecular formula is C10H15FN2OS. The number of thioether (sulfide) groups is 1. The highest BCUT2D eigenvalue weighted by Gasteiger charge is 2.06. The number of nitrogens with two attached hydrogens (primary N) is 1. The Hall–Kier alpha value is -0.620. The molecular weight excluding hydrogens is 215 g/mol. The highest BCUT2D eigenvalue weighted by molar-refractivity contribution is 7.99. The van der Waals surface area contributed by atoms with Gasteiger partial charge in [-0.2, -0.15) is 0 Å². The van der Waals surface area contributed by atoms with Crippen LogP contribution in [-0.2, 0) is 4.74 Å². The number of benzene rings is 1. The lowest BCUT2D eigenvalue weighted by Crippen LogP contribution is -2.40. The van der Waals surface area contributed by atoms with Crippen molar-refractivity contribution < 1.29 is 9.13 Å². The fourth-order valence-corrected chi connectivity index (χ4v) is 1.99. The lowest BCUT2D eigenvalue weighted by molar-refractivity contribution is 0.174. The number of halogens is 1. The average Bonchev–Trinajstić information content (AvgIpc) is 2.26. The van der Waals surface area contributed by atoms with Crippen molar-refractivity contribution in [3.63, 3.8) is 0 Å². The third-order valence-corrected chi connectivity index (χ3v) is 3.04. The van der Waals surface area contributed by atoms with Gasteiger partial charge < -0.3 is 4.74 Å². The first-order valence-corrected chi connectivity index (χ1v) is 5.58. The van der Waals surface area contributed by atoms with E-state index in [1.807, 2.05) is 0 Å². The highest BCUT2D eigenvalue weighted by atomic mass is 32.2. The van der Waals surface area contributed by atoms with Gasteiger partial charge in [0.05, 0.1) is 12.6 Å². The third kappa shape index (κ3) is 4.61. The van der Waals surface area contributed by atoms with Crippen molar-refractivity contribution in [2.24, 2.45) is 5.84 Å². The number of hydrogen-bond donors (Lipinski definition) is 2. The van der Waals surface area contributed by atoms with Gasteiger partial charge in [-0.05, 0) is 24.3 Å².